The van der Waals surface area contributed by atoms with Crippen LogP contribution in [-0.2, 0) is 9.59 Å². The molecule has 0 spiro atoms. The number of hydrogen-bond donors (Lipinski definition) is 4. The Morgan fingerprint density at radius 1 is 1.32 bits per heavy atom. The lowest BCUT2D eigenvalue weighted by molar-refractivity contribution is -0.139. The first-order valence-electron chi connectivity index (χ1n) is 6.01. The van der Waals surface area contributed by atoms with E-state index in [0.29, 0.717) is 6.54 Å². The van der Waals surface area contributed by atoms with Crippen molar-refractivity contribution in [2.75, 3.05) is 18.6 Å². The lowest BCUT2D eigenvalue weighted by Gasteiger charge is -2.14. The molecule has 0 heterocycles. The van der Waals surface area contributed by atoms with Crippen LogP contribution in [0.4, 0.5) is 4.79 Å². The van der Waals surface area contributed by atoms with Crippen molar-refractivity contribution in [1.82, 2.24) is 10.6 Å². The Morgan fingerprint density at radius 2 is 2.00 bits per heavy atom. The maximum Gasteiger partial charge on any atom is 0.326 e. The first-order chi connectivity index (χ1) is 8.97. The molecule has 5 N–H and O–H groups in total. The van der Waals surface area contributed by atoms with E-state index in [1.54, 1.807) is 11.8 Å². The average molecular weight is 291 g/mol. The minimum Gasteiger partial charge on any atom is -0.480 e. The molecule has 0 aliphatic rings. The van der Waals surface area contributed by atoms with E-state index in [1.807, 2.05) is 6.26 Å². The van der Waals surface area contributed by atoms with E-state index in [1.165, 1.54) is 0 Å². The van der Waals surface area contributed by atoms with E-state index in [9.17, 15) is 14.4 Å². The summed E-state index contributed by atoms with van der Waals surface area (Å²) in [4.78, 5) is 32.9. The molecule has 7 nitrogen and oxygen atoms in total. The normalized spacial score (nSPS) is 11.6. The van der Waals surface area contributed by atoms with Gasteiger partial charge in [-0.3, -0.25) is 4.79 Å². The van der Waals surface area contributed by atoms with Crippen LogP contribution in [0.25, 0.3) is 0 Å². The molecular formula is C11H21N3O4S. The molecule has 8 heteroatoms. The summed E-state index contributed by atoms with van der Waals surface area (Å²) >= 11 is 1.73. The number of thioether (sulfide) groups is 1. The summed E-state index contributed by atoms with van der Waals surface area (Å²) in [6.45, 7) is 0.495. The molecule has 0 aliphatic heterocycles. The first-order valence-corrected chi connectivity index (χ1v) is 7.41. The van der Waals surface area contributed by atoms with Crippen LogP contribution in [0, 0.1) is 0 Å². The van der Waals surface area contributed by atoms with E-state index in [0.717, 1.165) is 18.6 Å². The second kappa shape index (κ2) is 10.5. The van der Waals surface area contributed by atoms with Crippen LogP contribution in [0.2, 0.25) is 0 Å². The highest BCUT2D eigenvalue weighted by molar-refractivity contribution is 7.98. The van der Waals surface area contributed by atoms with Gasteiger partial charge in [-0.15, -0.1) is 0 Å². The highest BCUT2D eigenvalue weighted by atomic mass is 32.2. The van der Waals surface area contributed by atoms with E-state index in [4.69, 9.17) is 10.8 Å². The fourth-order valence-corrected chi connectivity index (χ4v) is 1.82. The van der Waals surface area contributed by atoms with Crippen molar-refractivity contribution in [3.05, 3.63) is 0 Å². The quantitative estimate of drug-likeness (QED) is 0.427. The maximum absolute atomic E-state index is 11.4. The molecular weight excluding hydrogens is 270 g/mol. The van der Waals surface area contributed by atoms with Crippen LogP contribution in [0.15, 0.2) is 0 Å². The number of nitrogens with two attached hydrogens (primary N) is 1. The number of rotatable bonds is 10. The van der Waals surface area contributed by atoms with Crippen LogP contribution in [-0.4, -0.2) is 47.6 Å². The fourth-order valence-electron chi connectivity index (χ4n) is 1.33. The first kappa shape index (κ1) is 17.6. The zero-order valence-electron chi connectivity index (χ0n) is 11.0. The van der Waals surface area contributed by atoms with Gasteiger partial charge in [-0.25, -0.2) is 9.59 Å². The number of hydrogen-bond acceptors (Lipinski definition) is 4. The fraction of sp³-hybridized carbons (Fsp3) is 0.727. The van der Waals surface area contributed by atoms with Crippen molar-refractivity contribution in [2.24, 2.45) is 5.73 Å². The number of carbonyl (C=O) groups excluding carboxylic acids is 2. The third-order valence-corrected chi connectivity index (χ3v) is 3.04. The molecule has 0 unspecified atom stereocenters. The Balaban J connectivity index is 3.90. The van der Waals surface area contributed by atoms with Gasteiger partial charge in [-0.05, 0) is 31.3 Å². The number of unbranched alkanes of at least 4 members (excludes halogenated alkanes) is 1. The van der Waals surface area contributed by atoms with Gasteiger partial charge in [-0.2, -0.15) is 11.8 Å². The van der Waals surface area contributed by atoms with Crippen molar-refractivity contribution in [3.63, 3.8) is 0 Å². The van der Waals surface area contributed by atoms with E-state index in [-0.39, 0.29) is 12.8 Å². The predicted octanol–water partition coefficient (Wildman–Crippen LogP) is 0.148. The summed E-state index contributed by atoms with van der Waals surface area (Å²) in [7, 11) is 0. The molecule has 0 aromatic rings. The summed E-state index contributed by atoms with van der Waals surface area (Å²) < 4.78 is 0. The van der Waals surface area contributed by atoms with Gasteiger partial charge in [0, 0.05) is 13.0 Å². The topological polar surface area (TPSA) is 122 Å². The summed E-state index contributed by atoms with van der Waals surface area (Å²) in [5.74, 6) is -0.746. The summed E-state index contributed by atoms with van der Waals surface area (Å²) in [5.41, 5.74) is 4.94. The molecule has 0 radical (unpaired) electrons. The molecule has 0 saturated heterocycles. The Morgan fingerprint density at radius 3 is 2.53 bits per heavy atom. The molecule has 0 fully saturated rings. The number of urea groups is 1. The zero-order valence-corrected chi connectivity index (χ0v) is 11.8. The monoisotopic (exact) mass is 291 g/mol. The van der Waals surface area contributed by atoms with Crippen LogP contribution >= 0.6 is 11.8 Å². The van der Waals surface area contributed by atoms with Gasteiger partial charge in [0.1, 0.15) is 6.04 Å². The minimum atomic E-state index is -1.18. The number of carbonyl (C=O) groups is 3. The highest BCUT2D eigenvalue weighted by Crippen LogP contribution is 1.99. The molecule has 3 amide bonds. The number of primary amides is 1. The van der Waals surface area contributed by atoms with E-state index in [2.05, 4.69) is 10.6 Å². The molecule has 110 valence electrons. The predicted molar refractivity (Wildman–Crippen MR) is 74.0 cm³/mol. The zero-order chi connectivity index (χ0) is 14.7. The summed E-state index contributed by atoms with van der Waals surface area (Å²) in [5, 5.41) is 13.8. The minimum absolute atomic E-state index is 0.00936. The second-order valence-electron chi connectivity index (χ2n) is 4.00. The van der Waals surface area contributed by atoms with Gasteiger partial charge in [0.2, 0.25) is 5.91 Å². The lowest BCUT2D eigenvalue weighted by Crippen LogP contribution is -2.46. The standard InChI is InChI=1S/C11H21N3O4S/c1-19-7-3-2-6-13-11(18)14-8(10(16)17)4-5-9(12)15/h8H,2-7H2,1H3,(H2,12,15)(H,16,17)(H2,13,14,18)/t8-/m0/s1. The lowest BCUT2D eigenvalue weighted by atomic mass is 10.1. The van der Waals surface area contributed by atoms with Gasteiger partial charge < -0.3 is 21.5 Å². The molecule has 0 aliphatic carbocycles. The number of amides is 3. The Bertz CT molecular complexity index is 312. The van der Waals surface area contributed by atoms with Crippen molar-refractivity contribution < 1.29 is 19.5 Å². The average Bonchev–Trinajstić information content (AvgIpc) is 2.33. The molecule has 0 aromatic heterocycles. The number of carboxylic acids is 1. The van der Waals surface area contributed by atoms with Gasteiger partial charge in [0.15, 0.2) is 0 Å². The molecule has 19 heavy (non-hydrogen) atoms. The van der Waals surface area contributed by atoms with Crippen molar-refractivity contribution >= 4 is 29.7 Å². The largest absolute Gasteiger partial charge is 0.480 e. The summed E-state index contributed by atoms with van der Waals surface area (Å²) in [6, 6.07) is -1.64. The maximum atomic E-state index is 11.4. The van der Waals surface area contributed by atoms with Crippen molar-refractivity contribution in [1.29, 1.82) is 0 Å². The number of aliphatic carboxylic acids is 1. The number of carboxylic acid groups (broad SMARTS) is 1. The summed E-state index contributed by atoms with van der Waals surface area (Å²) in [6.07, 6.45) is 3.75. The third kappa shape index (κ3) is 10.2. The number of nitrogens with one attached hydrogen (secondary N) is 2. The van der Waals surface area contributed by atoms with Gasteiger partial charge in [0.25, 0.3) is 0 Å². The molecule has 0 aromatic carbocycles. The van der Waals surface area contributed by atoms with Crippen LogP contribution < -0.4 is 16.4 Å². The van der Waals surface area contributed by atoms with Crippen LogP contribution in [0.3, 0.4) is 0 Å². The van der Waals surface area contributed by atoms with Crippen molar-refractivity contribution in [3.8, 4) is 0 Å². The molecule has 0 bridgehead atoms. The van der Waals surface area contributed by atoms with Gasteiger partial charge in [-0.1, -0.05) is 0 Å². The Hall–Kier alpha value is -1.44. The van der Waals surface area contributed by atoms with Gasteiger partial charge >= 0.3 is 12.0 Å². The van der Waals surface area contributed by atoms with Crippen LogP contribution in [0.1, 0.15) is 25.7 Å². The third-order valence-electron chi connectivity index (χ3n) is 2.34. The second-order valence-corrected chi connectivity index (χ2v) is 4.98. The molecule has 0 saturated carbocycles. The molecule has 1 atom stereocenters. The Kier molecular flexibility index (Phi) is 9.69. The van der Waals surface area contributed by atoms with Gasteiger partial charge in [0.05, 0.1) is 0 Å². The smallest absolute Gasteiger partial charge is 0.326 e. The van der Waals surface area contributed by atoms with Crippen LogP contribution in [0.5, 0.6) is 0 Å². The van der Waals surface area contributed by atoms with E-state index < -0.39 is 23.9 Å². The van der Waals surface area contributed by atoms with Crippen molar-refractivity contribution in [2.45, 2.75) is 31.7 Å². The van der Waals surface area contributed by atoms with E-state index >= 15 is 0 Å². The molecule has 0 rings (SSSR count). The SMILES string of the molecule is CSCCCCNC(=O)N[C@@H](CCC(N)=O)C(=O)O. The highest BCUT2D eigenvalue weighted by Gasteiger charge is 2.20. The Labute approximate surface area is 116 Å².